The van der Waals surface area contributed by atoms with Crippen molar-refractivity contribution in [3.05, 3.63) is 63.3 Å². The van der Waals surface area contributed by atoms with E-state index in [2.05, 4.69) is 15.6 Å². The van der Waals surface area contributed by atoms with Gasteiger partial charge in [-0.1, -0.05) is 12.1 Å². The van der Waals surface area contributed by atoms with E-state index in [0.29, 0.717) is 5.82 Å². The molecule has 0 saturated carbocycles. The van der Waals surface area contributed by atoms with Crippen molar-refractivity contribution in [3.8, 4) is 0 Å². The number of nitrogens with zero attached hydrogens (tertiary/aromatic N) is 2. The first-order valence-corrected chi connectivity index (χ1v) is 7.09. The zero-order chi connectivity index (χ0) is 17.0. The van der Waals surface area contributed by atoms with Crippen LogP contribution in [0.1, 0.15) is 21.6 Å². The van der Waals surface area contributed by atoms with Crippen LogP contribution in [0.15, 0.2) is 36.4 Å². The number of carbonyl (C=O) groups is 1. The van der Waals surface area contributed by atoms with Gasteiger partial charge in [0.15, 0.2) is 5.11 Å². The highest BCUT2D eigenvalue weighted by molar-refractivity contribution is 7.80. The monoisotopic (exact) mass is 330 g/mol. The van der Waals surface area contributed by atoms with E-state index < -0.39 is 10.8 Å². The van der Waals surface area contributed by atoms with Gasteiger partial charge in [0, 0.05) is 22.9 Å². The van der Waals surface area contributed by atoms with Crippen LogP contribution in [-0.4, -0.2) is 20.9 Å². The third kappa shape index (κ3) is 4.07. The molecule has 0 fully saturated rings. The minimum atomic E-state index is -0.528. The van der Waals surface area contributed by atoms with Crippen LogP contribution in [0.2, 0.25) is 0 Å². The van der Waals surface area contributed by atoms with E-state index >= 15 is 0 Å². The summed E-state index contributed by atoms with van der Waals surface area (Å²) in [5, 5.41) is 16.3. The summed E-state index contributed by atoms with van der Waals surface area (Å²) in [4.78, 5) is 26.8. The third-order valence-electron chi connectivity index (χ3n) is 3.10. The Balaban J connectivity index is 2.11. The van der Waals surface area contributed by atoms with Crippen LogP contribution in [0, 0.1) is 24.0 Å². The first-order valence-electron chi connectivity index (χ1n) is 6.68. The van der Waals surface area contributed by atoms with E-state index in [-0.39, 0.29) is 21.9 Å². The van der Waals surface area contributed by atoms with E-state index in [4.69, 9.17) is 12.2 Å². The van der Waals surface area contributed by atoms with Crippen molar-refractivity contribution >= 4 is 34.7 Å². The maximum absolute atomic E-state index is 12.2. The van der Waals surface area contributed by atoms with Crippen LogP contribution < -0.4 is 10.6 Å². The number of rotatable bonds is 3. The predicted molar refractivity (Wildman–Crippen MR) is 90.5 cm³/mol. The van der Waals surface area contributed by atoms with Crippen LogP contribution in [0.3, 0.4) is 0 Å². The number of aromatic nitrogens is 1. The molecule has 2 rings (SSSR count). The molecule has 7 nitrogen and oxygen atoms in total. The van der Waals surface area contributed by atoms with Crippen molar-refractivity contribution in [2.24, 2.45) is 0 Å². The second-order valence-electron chi connectivity index (χ2n) is 4.78. The van der Waals surface area contributed by atoms with Crippen molar-refractivity contribution in [1.29, 1.82) is 0 Å². The highest BCUT2D eigenvalue weighted by Crippen LogP contribution is 2.20. The van der Waals surface area contributed by atoms with Gasteiger partial charge in [0.25, 0.3) is 11.6 Å². The van der Waals surface area contributed by atoms with E-state index in [0.717, 1.165) is 5.69 Å². The number of hydrogen-bond acceptors (Lipinski definition) is 5. The Morgan fingerprint density at radius 2 is 1.91 bits per heavy atom. The van der Waals surface area contributed by atoms with Crippen molar-refractivity contribution in [2.75, 3.05) is 5.32 Å². The van der Waals surface area contributed by atoms with Gasteiger partial charge in [-0.3, -0.25) is 20.2 Å². The van der Waals surface area contributed by atoms with Gasteiger partial charge in [-0.25, -0.2) is 4.98 Å². The molecule has 0 saturated heterocycles. The van der Waals surface area contributed by atoms with Gasteiger partial charge < -0.3 is 5.32 Å². The number of anilines is 1. The summed E-state index contributed by atoms with van der Waals surface area (Å²) in [7, 11) is 0. The zero-order valence-electron chi connectivity index (χ0n) is 12.5. The number of nitro groups is 1. The number of nitrogens with one attached hydrogen (secondary N) is 2. The van der Waals surface area contributed by atoms with Crippen molar-refractivity contribution < 1.29 is 9.72 Å². The number of aryl methyl sites for hydroxylation is 1. The van der Waals surface area contributed by atoms with Crippen LogP contribution in [0.5, 0.6) is 0 Å². The van der Waals surface area contributed by atoms with Crippen LogP contribution in [0.25, 0.3) is 0 Å². The summed E-state index contributed by atoms with van der Waals surface area (Å²) >= 11 is 5.07. The van der Waals surface area contributed by atoms with Crippen molar-refractivity contribution in [3.63, 3.8) is 0 Å². The van der Waals surface area contributed by atoms with E-state index in [1.165, 1.54) is 25.1 Å². The normalized spacial score (nSPS) is 10.0. The molecule has 0 bridgehead atoms. The number of pyridine rings is 1. The molecule has 0 radical (unpaired) electrons. The summed E-state index contributed by atoms with van der Waals surface area (Å²) in [5.74, 6) is -0.0117. The standard InChI is InChI=1S/C15H14N4O3S/c1-9-5-3-8-13(16-9)17-15(23)18-14(20)11-6-4-7-12(10(11)2)19(21)22/h3-8H,1-2H3,(H2,16,17,18,20,23). The van der Waals surface area contributed by atoms with Crippen LogP contribution in [-0.2, 0) is 0 Å². The Morgan fingerprint density at radius 3 is 2.57 bits per heavy atom. The number of nitro benzene ring substituents is 1. The average molecular weight is 330 g/mol. The molecule has 1 aromatic carbocycles. The van der Waals surface area contributed by atoms with Gasteiger partial charge in [0.05, 0.1) is 4.92 Å². The number of hydrogen-bond donors (Lipinski definition) is 2. The second kappa shape index (κ2) is 6.93. The lowest BCUT2D eigenvalue weighted by Gasteiger charge is -2.10. The average Bonchev–Trinajstić information content (AvgIpc) is 2.46. The SMILES string of the molecule is Cc1cccc(NC(=S)NC(=O)c2cccc([N+](=O)[O-])c2C)n1. The number of benzene rings is 1. The smallest absolute Gasteiger partial charge is 0.273 e. The van der Waals surface area contributed by atoms with E-state index in [1.807, 2.05) is 13.0 Å². The molecule has 1 aromatic heterocycles. The first kappa shape index (κ1) is 16.5. The molecule has 0 spiro atoms. The van der Waals surface area contributed by atoms with Crippen LogP contribution in [0.4, 0.5) is 11.5 Å². The molecule has 2 N–H and O–H groups in total. The molecular weight excluding hydrogens is 316 g/mol. The first-order chi connectivity index (χ1) is 10.9. The van der Waals surface area contributed by atoms with Crippen LogP contribution >= 0.6 is 12.2 Å². The molecule has 1 heterocycles. The molecule has 2 aromatic rings. The minimum absolute atomic E-state index is 0.0685. The highest BCUT2D eigenvalue weighted by Gasteiger charge is 2.18. The van der Waals surface area contributed by atoms with Gasteiger partial charge in [-0.2, -0.15) is 0 Å². The lowest BCUT2D eigenvalue weighted by atomic mass is 10.1. The Kier molecular flexibility index (Phi) is 4.97. The molecule has 0 aliphatic carbocycles. The van der Waals surface area contributed by atoms with Crippen molar-refractivity contribution in [2.45, 2.75) is 13.8 Å². The van der Waals surface area contributed by atoms with Gasteiger partial charge in [0.2, 0.25) is 0 Å². The minimum Gasteiger partial charge on any atom is -0.317 e. The fourth-order valence-corrected chi connectivity index (χ4v) is 2.20. The molecule has 0 aliphatic heterocycles. The lowest BCUT2D eigenvalue weighted by Crippen LogP contribution is -2.34. The quantitative estimate of drug-likeness (QED) is 0.510. The molecule has 0 aliphatic rings. The number of amides is 1. The maximum Gasteiger partial charge on any atom is 0.273 e. The summed E-state index contributed by atoms with van der Waals surface area (Å²) in [6.45, 7) is 3.35. The summed E-state index contributed by atoms with van der Waals surface area (Å²) < 4.78 is 0. The molecule has 1 amide bonds. The summed E-state index contributed by atoms with van der Waals surface area (Å²) in [5.41, 5.74) is 1.17. The fourth-order valence-electron chi connectivity index (χ4n) is 2.00. The zero-order valence-corrected chi connectivity index (χ0v) is 13.3. The topological polar surface area (TPSA) is 97.2 Å². The maximum atomic E-state index is 12.2. The van der Waals surface area contributed by atoms with Crippen molar-refractivity contribution in [1.82, 2.24) is 10.3 Å². The van der Waals surface area contributed by atoms with E-state index in [9.17, 15) is 14.9 Å². The Bertz CT molecular complexity index is 792. The molecule has 0 unspecified atom stereocenters. The predicted octanol–water partition coefficient (Wildman–Crippen LogP) is 2.73. The van der Waals surface area contributed by atoms with E-state index in [1.54, 1.807) is 12.1 Å². The van der Waals surface area contributed by atoms with Gasteiger partial charge in [-0.15, -0.1) is 0 Å². The molecule has 8 heteroatoms. The molecule has 23 heavy (non-hydrogen) atoms. The van der Waals surface area contributed by atoms with Gasteiger partial charge in [0.1, 0.15) is 5.82 Å². The second-order valence-corrected chi connectivity index (χ2v) is 5.19. The van der Waals surface area contributed by atoms with Gasteiger partial charge in [-0.05, 0) is 44.3 Å². The number of thiocarbonyl (C=S) groups is 1. The third-order valence-corrected chi connectivity index (χ3v) is 3.31. The Labute approximate surface area is 137 Å². The summed E-state index contributed by atoms with van der Waals surface area (Å²) in [6.07, 6.45) is 0. The Hall–Kier alpha value is -2.87. The highest BCUT2D eigenvalue weighted by atomic mass is 32.1. The molecule has 0 atom stereocenters. The molecule has 118 valence electrons. The molecular formula is C15H14N4O3S. The number of carbonyl (C=O) groups excluding carboxylic acids is 1. The summed E-state index contributed by atoms with van der Waals surface area (Å²) in [6, 6.07) is 9.66. The largest absolute Gasteiger partial charge is 0.317 e. The lowest BCUT2D eigenvalue weighted by molar-refractivity contribution is -0.385. The van der Waals surface area contributed by atoms with Gasteiger partial charge >= 0.3 is 0 Å². The fraction of sp³-hybridized carbons (Fsp3) is 0.133. The Morgan fingerprint density at radius 1 is 1.22 bits per heavy atom.